The Kier molecular flexibility index (Phi) is 1.88. The highest BCUT2D eigenvalue weighted by molar-refractivity contribution is 9.10. The number of rotatable bonds is 0. The number of hydrogen-bond acceptors (Lipinski definition) is 2. The van der Waals surface area contributed by atoms with E-state index >= 15 is 0 Å². The first-order chi connectivity index (χ1) is 6.20. The summed E-state index contributed by atoms with van der Waals surface area (Å²) in [4.78, 5) is 15.5. The van der Waals surface area contributed by atoms with Gasteiger partial charge in [0.25, 0.3) is 0 Å². The molecule has 0 unspecified atom stereocenters. The Labute approximate surface area is 83.4 Å². The van der Waals surface area contributed by atoms with E-state index in [1.165, 1.54) is 12.3 Å². The molecule has 1 aromatic carbocycles. The van der Waals surface area contributed by atoms with Crippen molar-refractivity contribution in [1.82, 2.24) is 0 Å². The summed E-state index contributed by atoms with van der Waals surface area (Å²) in [6.45, 7) is 3.84. The molecule has 0 saturated carbocycles. The van der Waals surface area contributed by atoms with Crippen molar-refractivity contribution in [3.8, 4) is 0 Å². The minimum Gasteiger partial charge on any atom is -0.289 e. The fourth-order valence-corrected chi connectivity index (χ4v) is 1.55. The Morgan fingerprint density at radius 1 is 1.38 bits per heavy atom. The van der Waals surface area contributed by atoms with Crippen LogP contribution in [0, 0.1) is 0 Å². The number of fused-ring (bicyclic) bond motifs is 1. The van der Waals surface area contributed by atoms with Crippen LogP contribution in [0.1, 0.15) is 10.4 Å². The van der Waals surface area contributed by atoms with Gasteiger partial charge in [0.05, 0.1) is 5.36 Å². The fraction of sp³-hybridized carbons (Fsp3) is 0. The minimum absolute atomic E-state index is 0.0117. The van der Waals surface area contributed by atoms with Crippen LogP contribution in [-0.2, 0) is 0 Å². The van der Waals surface area contributed by atoms with Crippen LogP contribution < -0.4 is 10.6 Å². The van der Waals surface area contributed by atoms with E-state index in [-0.39, 0.29) is 5.78 Å². The molecule has 1 aliphatic rings. The Bertz CT molecular complexity index is 516. The van der Waals surface area contributed by atoms with E-state index in [0.29, 0.717) is 10.9 Å². The zero-order valence-corrected chi connectivity index (χ0v) is 8.34. The van der Waals surface area contributed by atoms with Crippen LogP contribution in [0.2, 0.25) is 0 Å². The molecule has 0 saturated heterocycles. The van der Waals surface area contributed by atoms with Gasteiger partial charge in [-0.3, -0.25) is 9.79 Å². The largest absolute Gasteiger partial charge is 0.289 e. The predicted octanol–water partition coefficient (Wildman–Crippen LogP) is 1.19. The fourth-order valence-electron chi connectivity index (χ4n) is 1.23. The highest BCUT2D eigenvalue weighted by Crippen LogP contribution is 2.04. The summed E-state index contributed by atoms with van der Waals surface area (Å²) in [5.41, 5.74) is 0.621. The van der Waals surface area contributed by atoms with E-state index in [2.05, 4.69) is 27.5 Å². The van der Waals surface area contributed by atoms with Gasteiger partial charge in [-0.1, -0.05) is 22.5 Å². The molecule has 1 aliphatic heterocycles. The summed E-state index contributed by atoms with van der Waals surface area (Å²) in [6.07, 6.45) is 2.96. The van der Waals surface area contributed by atoms with Gasteiger partial charge >= 0.3 is 0 Å². The summed E-state index contributed by atoms with van der Waals surface area (Å²) in [7, 11) is 0. The van der Waals surface area contributed by atoms with E-state index in [1.54, 1.807) is 6.07 Å². The first-order valence-corrected chi connectivity index (χ1v) is 4.55. The number of nitrogens with zero attached hydrogens (tertiary/aromatic N) is 1. The summed E-state index contributed by atoms with van der Waals surface area (Å²) in [5, 5.41) is 1.43. The third-order valence-electron chi connectivity index (χ3n) is 1.92. The highest BCUT2D eigenvalue weighted by Gasteiger charge is 2.09. The maximum Gasteiger partial charge on any atom is 0.189 e. The minimum atomic E-state index is -0.0117. The quantitative estimate of drug-likeness (QED) is 0.665. The first-order valence-electron chi connectivity index (χ1n) is 3.76. The second-order valence-electron chi connectivity index (χ2n) is 2.73. The third kappa shape index (κ3) is 1.25. The first kappa shape index (κ1) is 8.38. The second-order valence-corrected chi connectivity index (χ2v) is 3.59. The third-order valence-corrected chi connectivity index (χ3v) is 2.66. The molecule has 3 heteroatoms. The van der Waals surface area contributed by atoms with Crippen LogP contribution in [0.4, 0.5) is 0 Å². The summed E-state index contributed by atoms with van der Waals surface area (Å²) < 4.78 is 0.873. The Hall–Kier alpha value is -1.22. The van der Waals surface area contributed by atoms with Crippen LogP contribution in [0.3, 0.4) is 0 Å². The van der Waals surface area contributed by atoms with Crippen molar-refractivity contribution in [2.24, 2.45) is 4.99 Å². The van der Waals surface area contributed by atoms with Crippen molar-refractivity contribution in [3.63, 3.8) is 0 Å². The molecule has 13 heavy (non-hydrogen) atoms. The van der Waals surface area contributed by atoms with Crippen molar-refractivity contribution >= 4 is 28.3 Å². The van der Waals surface area contributed by atoms with Gasteiger partial charge in [-0.2, -0.15) is 0 Å². The van der Waals surface area contributed by atoms with Gasteiger partial charge < -0.3 is 0 Å². The maximum atomic E-state index is 11.4. The molecule has 0 aromatic heterocycles. The monoisotopic (exact) mass is 235 g/mol. The Balaban J connectivity index is 2.94. The van der Waals surface area contributed by atoms with Gasteiger partial charge in [0.1, 0.15) is 0 Å². The molecule has 0 amide bonds. The molecule has 0 radical (unpaired) electrons. The number of benzene rings is 1. The smallest absolute Gasteiger partial charge is 0.189 e. The Morgan fingerprint density at radius 2 is 2.15 bits per heavy atom. The molecular formula is C10H6BrNO. The van der Waals surface area contributed by atoms with Crippen LogP contribution >= 0.6 is 15.9 Å². The number of allylic oxidation sites excluding steroid dienone is 1. The standard InChI is InChI=1S/C10H6BrNO/c1-6-8(11)3-2-7-9(13)4-5-12-10(6)7/h2-5H,1H2. The van der Waals surface area contributed by atoms with E-state index in [4.69, 9.17) is 0 Å². The summed E-state index contributed by atoms with van der Waals surface area (Å²) in [6, 6.07) is 3.57. The number of hydrogen-bond donors (Lipinski definition) is 0. The lowest BCUT2D eigenvalue weighted by atomic mass is 10.1. The molecule has 1 heterocycles. The van der Waals surface area contributed by atoms with Crippen molar-refractivity contribution in [3.05, 3.63) is 45.0 Å². The number of carbonyl (C=O) groups is 1. The molecule has 0 atom stereocenters. The lowest BCUT2D eigenvalue weighted by Gasteiger charge is -2.02. The zero-order chi connectivity index (χ0) is 9.42. The van der Waals surface area contributed by atoms with Crippen molar-refractivity contribution < 1.29 is 4.79 Å². The van der Waals surface area contributed by atoms with Crippen LogP contribution in [0.25, 0.3) is 6.58 Å². The van der Waals surface area contributed by atoms with Gasteiger partial charge in [-0.05, 0) is 12.1 Å². The van der Waals surface area contributed by atoms with Gasteiger partial charge in [-0.15, -0.1) is 0 Å². The van der Waals surface area contributed by atoms with Gasteiger partial charge in [0, 0.05) is 27.5 Å². The number of ketones is 1. The van der Waals surface area contributed by atoms with Crippen LogP contribution in [-0.4, -0.2) is 5.78 Å². The van der Waals surface area contributed by atoms with Gasteiger partial charge in [0.2, 0.25) is 0 Å². The second kappa shape index (κ2) is 2.92. The zero-order valence-electron chi connectivity index (χ0n) is 6.75. The molecule has 2 rings (SSSR count). The normalized spacial score (nSPS) is 13.8. The molecule has 1 aromatic rings. The topological polar surface area (TPSA) is 29.4 Å². The summed E-state index contributed by atoms with van der Waals surface area (Å²) >= 11 is 3.34. The van der Waals surface area contributed by atoms with Crippen LogP contribution in [0.5, 0.6) is 0 Å². The molecule has 0 spiro atoms. The number of halogens is 1. The summed E-state index contributed by atoms with van der Waals surface area (Å²) in [5.74, 6) is -0.0117. The van der Waals surface area contributed by atoms with E-state index < -0.39 is 0 Å². The average Bonchev–Trinajstić information content (AvgIpc) is 2.12. The molecular weight excluding hydrogens is 230 g/mol. The SMILES string of the molecule is C=c1c(Br)ccc2c1=NC=CC2=O. The maximum absolute atomic E-state index is 11.4. The highest BCUT2D eigenvalue weighted by atomic mass is 79.9. The van der Waals surface area contributed by atoms with E-state index in [9.17, 15) is 4.79 Å². The predicted molar refractivity (Wildman–Crippen MR) is 53.9 cm³/mol. The Morgan fingerprint density at radius 3 is 2.92 bits per heavy atom. The van der Waals surface area contributed by atoms with E-state index in [0.717, 1.165) is 9.69 Å². The molecule has 0 aliphatic carbocycles. The molecule has 0 fully saturated rings. The molecule has 2 nitrogen and oxygen atoms in total. The van der Waals surface area contributed by atoms with Crippen molar-refractivity contribution in [1.29, 1.82) is 0 Å². The van der Waals surface area contributed by atoms with Crippen molar-refractivity contribution in [2.45, 2.75) is 0 Å². The van der Waals surface area contributed by atoms with Gasteiger partial charge in [0.15, 0.2) is 5.78 Å². The molecule has 0 bridgehead atoms. The molecule has 64 valence electrons. The van der Waals surface area contributed by atoms with Gasteiger partial charge in [-0.25, -0.2) is 0 Å². The van der Waals surface area contributed by atoms with Crippen LogP contribution in [0.15, 0.2) is 33.9 Å². The lowest BCUT2D eigenvalue weighted by molar-refractivity contribution is 0.104. The van der Waals surface area contributed by atoms with E-state index in [1.807, 2.05) is 6.07 Å². The number of carbonyl (C=O) groups excluding carboxylic acids is 1. The lowest BCUT2D eigenvalue weighted by Crippen LogP contribution is -2.31. The van der Waals surface area contributed by atoms with Crippen molar-refractivity contribution in [2.75, 3.05) is 0 Å². The average molecular weight is 236 g/mol. The molecule has 0 N–H and O–H groups in total.